The van der Waals surface area contributed by atoms with Crippen LogP contribution in [0.2, 0.25) is 0 Å². The molecule has 5 nitrogen and oxygen atoms in total. The van der Waals surface area contributed by atoms with E-state index >= 15 is 0 Å². The zero-order chi connectivity index (χ0) is 21.1. The lowest BCUT2D eigenvalue weighted by Gasteiger charge is -2.17. The lowest BCUT2D eigenvalue weighted by Crippen LogP contribution is -2.23. The number of nitrogens with one attached hydrogen (secondary N) is 2. The molecule has 2 fully saturated rings. The molecule has 2 saturated heterocycles. The number of rotatable bonds is 12. The topological polar surface area (TPSA) is 39.8 Å². The van der Waals surface area contributed by atoms with E-state index < -0.39 is 0 Å². The van der Waals surface area contributed by atoms with Gasteiger partial charge in [-0.15, -0.1) is 0 Å². The molecule has 0 radical (unpaired) electrons. The van der Waals surface area contributed by atoms with Gasteiger partial charge in [0.05, 0.1) is 13.2 Å². The highest BCUT2D eigenvalue weighted by atomic mass is 16.5. The Morgan fingerprint density at radius 1 is 0.581 bits per heavy atom. The van der Waals surface area contributed by atoms with Gasteiger partial charge in [0.15, 0.2) is 0 Å². The second kappa shape index (κ2) is 12.1. The molecule has 0 spiro atoms. The van der Waals surface area contributed by atoms with E-state index in [1.54, 1.807) is 0 Å². The molecule has 31 heavy (non-hydrogen) atoms. The number of benzene rings is 2. The summed E-state index contributed by atoms with van der Waals surface area (Å²) in [5.74, 6) is 0. The van der Waals surface area contributed by atoms with Gasteiger partial charge in [-0.1, -0.05) is 24.3 Å². The molecule has 0 unspecified atom stereocenters. The van der Waals surface area contributed by atoms with Gasteiger partial charge in [0, 0.05) is 63.7 Å². The summed E-state index contributed by atoms with van der Waals surface area (Å²) in [6.45, 7) is 9.87. The van der Waals surface area contributed by atoms with Crippen molar-refractivity contribution < 1.29 is 4.74 Å². The monoisotopic (exact) mass is 422 g/mol. The van der Waals surface area contributed by atoms with E-state index in [9.17, 15) is 0 Å². The first-order chi connectivity index (χ1) is 15.4. The normalized spacial score (nSPS) is 16.4. The third-order valence-corrected chi connectivity index (χ3v) is 6.32. The van der Waals surface area contributed by atoms with Crippen LogP contribution in [0.5, 0.6) is 0 Å². The van der Waals surface area contributed by atoms with Crippen molar-refractivity contribution in [2.45, 2.75) is 38.8 Å². The highest BCUT2D eigenvalue weighted by Gasteiger charge is 2.12. The summed E-state index contributed by atoms with van der Waals surface area (Å²) < 4.78 is 5.74. The zero-order valence-corrected chi connectivity index (χ0v) is 18.8. The first-order valence-electron chi connectivity index (χ1n) is 12.1. The van der Waals surface area contributed by atoms with Crippen molar-refractivity contribution in [1.29, 1.82) is 0 Å². The molecule has 0 amide bonds. The lowest BCUT2D eigenvalue weighted by molar-refractivity contribution is 0.137. The van der Waals surface area contributed by atoms with Crippen LogP contribution in [0.1, 0.15) is 36.8 Å². The van der Waals surface area contributed by atoms with Crippen LogP contribution in [0.4, 0.5) is 11.4 Å². The van der Waals surface area contributed by atoms with E-state index in [-0.39, 0.29) is 0 Å². The summed E-state index contributed by atoms with van der Waals surface area (Å²) in [5.41, 5.74) is 5.39. The van der Waals surface area contributed by atoms with Crippen molar-refractivity contribution in [2.24, 2.45) is 0 Å². The summed E-state index contributed by atoms with van der Waals surface area (Å²) in [6, 6.07) is 18.0. The highest BCUT2D eigenvalue weighted by molar-refractivity contribution is 5.49. The number of nitrogens with zero attached hydrogens (tertiary/aromatic N) is 2. The molecule has 2 heterocycles. The molecule has 2 aromatic rings. The third-order valence-electron chi connectivity index (χ3n) is 6.32. The van der Waals surface area contributed by atoms with Gasteiger partial charge in [0.25, 0.3) is 0 Å². The molecule has 0 atom stereocenters. The van der Waals surface area contributed by atoms with Gasteiger partial charge in [-0.05, 0) is 61.1 Å². The highest BCUT2D eigenvalue weighted by Crippen LogP contribution is 2.21. The maximum atomic E-state index is 5.74. The Labute approximate surface area is 187 Å². The Bertz CT molecular complexity index is 684. The van der Waals surface area contributed by atoms with Crippen LogP contribution < -0.4 is 20.4 Å². The van der Waals surface area contributed by atoms with Crippen LogP contribution in [0.3, 0.4) is 0 Å². The van der Waals surface area contributed by atoms with E-state index in [4.69, 9.17) is 4.74 Å². The minimum absolute atomic E-state index is 0.748. The molecular formula is C26H38N4O. The predicted octanol–water partition coefficient (Wildman–Crippen LogP) is 3.78. The van der Waals surface area contributed by atoms with Crippen LogP contribution in [0.15, 0.2) is 48.5 Å². The van der Waals surface area contributed by atoms with Crippen molar-refractivity contribution in [3.05, 3.63) is 59.7 Å². The van der Waals surface area contributed by atoms with Crippen molar-refractivity contribution in [3.8, 4) is 0 Å². The van der Waals surface area contributed by atoms with E-state index in [0.29, 0.717) is 0 Å². The number of anilines is 2. The van der Waals surface area contributed by atoms with Gasteiger partial charge in [0.1, 0.15) is 0 Å². The minimum atomic E-state index is 0.748. The van der Waals surface area contributed by atoms with Gasteiger partial charge < -0.3 is 25.2 Å². The summed E-state index contributed by atoms with van der Waals surface area (Å²) in [7, 11) is 0. The molecule has 5 heteroatoms. The Kier molecular flexibility index (Phi) is 8.62. The standard InChI is InChI=1S/C26H38N4O/c1-2-16-29(15-1)25-9-5-23(6-10-25)21-27-13-19-31-20-14-28-22-24-7-11-26(12-8-24)30-17-3-4-18-30/h5-12,27-28H,1-4,13-22H2. The molecule has 2 aromatic carbocycles. The second-order valence-corrected chi connectivity index (χ2v) is 8.69. The van der Waals surface area contributed by atoms with Crippen LogP contribution in [0.25, 0.3) is 0 Å². The zero-order valence-electron chi connectivity index (χ0n) is 18.8. The average Bonchev–Trinajstić information content (AvgIpc) is 3.53. The van der Waals surface area contributed by atoms with Gasteiger partial charge in [-0.25, -0.2) is 0 Å². The number of hydrogen-bond donors (Lipinski definition) is 2. The van der Waals surface area contributed by atoms with Crippen LogP contribution >= 0.6 is 0 Å². The molecule has 2 N–H and O–H groups in total. The molecule has 0 saturated carbocycles. The van der Waals surface area contributed by atoms with Crippen LogP contribution in [0, 0.1) is 0 Å². The molecule has 2 aliphatic heterocycles. The fourth-order valence-corrected chi connectivity index (χ4v) is 4.46. The Morgan fingerprint density at radius 2 is 0.968 bits per heavy atom. The quantitative estimate of drug-likeness (QED) is 0.510. The first-order valence-corrected chi connectivity index (χ1v) is 12.1. The Morgan fingerprint density at radius 3 is 1.35 bits per heavy atom. The Balaban J connectivity index is 1.01. The van der Waals surface area contributed by atoms with E-state index in [1.807, 2.05) is 0 Å². The summed E-state index contributed by atoms with van der Waals surface area (Å²) >= 11 is 0. The Hall–Kier alpha value is -2.08. The van der Waals surface area contributed by atoms with Gasteiger partial charge in [-0.3, -0.25) is 0 Å². The van der Waals surface area contributed by atoms with Crippen molar-refractivity contribution in [2.75, 3.05) is 62.3 Å². The van der Waals surface area contributed by atoms with Crippen molar-refractivity contribution in [3.63, 3.8) is 0 Å². The van der Waals surface area contributed by atoms with Crippen LogP contribution in [-0.4, -0.2) is 52.5 Å². The van der Waals surface area contributed by atoms with Crippen LogP contribution in [-0.2, 0) is 17.8 Å². The maximum absolute atomic E-state index is 5.74. The third kappa shape index (κ3) is 6.96. The van der Waals surface area contributed by atoms with Gasteiger partial charge in [0.2, 0.25) is 0 Å². The molecule has 168 valence electrons. The fourth-order valence-electron chi connectivity index (χ4n) is 4.46. The van der Waals surface area contributed by atoms with E-state index in [1.165, 1.54) is 74.4 Å². The second-order valence-electron chi connectivity index (χ2n) is 8.69. The smallest absolute Gasteiger partial charge is 0.0591 e. The van der Waals surface area contributed by atoms with Gasteiger partial charge >= 0.3 is 0 Å². The molecule has 0 aliphatic carbocycles. The summed E-state index contributed by atoms with van der Waals surface area (Å²) in [4.78, 5) is 4.95. The lowest BCUT2D eigenvalue weighted by atomic mass is 10.2. The number of hydrogen-bond acceptors (Lipinski definition) is 5. The summed E-state index contributed by atoms with van der Waals surface area (Å²) in [5, 5.41) is 6.95. The molecule has 0 aromatic heterocycles. The average molecular weight is 423 g/mol. The molecule has 0 bridgehead atoms. The largest absolute Gasteiger partial charge is 0.379 e. The molecule has 4 rings (SSSR count). The maximum Gasteiger partial charge on any atom is 0.0591 e. The number of ether oxygens (including phenoxy) is 1. The van der Waals surface area contributed by atoms with Crippen molar-refractivity contribution >= 4 is 11.4 Å². The summed E-state index contributed by atoms with van der Waals surface area (Å²) in [6.07, 6.45) is 5.30. The molecule has 2 aliphatic rings. The van der Waals surface area contributed by atoms with Gasteiger partial charge in [-0.2, -0.15) is 0 Å². The SMILES string of the molecule is c1cc(N2CCCC2)ccc1CNCCOCCNCc1ccc(N2CCCC2)cc1. The first kappa shape index (κ1) is 22.1. The molecular weight excluding hydrogens is 384 g/mol. The minimum Gasteiger partial charge on any atom is -0.379 e. The predicted molar refractivity (Wildman–Crippen MR) is 130 cm³/mol. The van der Waals surface area contributed by atoms with E-state index in [0.717, 1.165) is 39.4 Å². The van der Waals surface area contributed by atoms with E-state index in [2.05, 4.69) is 69.0 Å². The fraction of sp³-hybridized carbons (Fsp3) is 0.538. The van der Waals surface area contributed by atoms with Crippen molar-refractivity contribution in [1.82, 2.24) is 10.6 Å².